The topological polar surface area (TPSA) is 83.2 Å². The second-order valence-electron chi connectivity index (χ2n) is 6.74. The Hall–Kier alpha value is -3.06. The maximum absolute atomic E-state index is 12.9. The van der Waals surface area contributed by atoms with Gasteiger partial charge < -0.3 is 24.1 Å². The Balaban J connectivity index is 2.08. The molecule has 1 amide bonds. The number of aliphatic hydroxyl groups is 1. The lowest BCUT2D eigenvalue weighted by Crippen LogP contribution is -2.37. The van der Waals surface area contributed by atoms with Crippen molar-refractivity contribution in [2.24, 2.45) is 0 Å². The third kappa shape index (κ3) is 3.91. The molecule has 0 spiro atoms. The van der Waals surface area contributed by atoms with Gasteiger partial charge in [0.25, 0.3) is 11.7 Å². The van der Waals surface area contributed by atoms with Crippen LogP contribution >= 0.6 is 0 Å². The predicted molar refractivity (Wildman–Crippen MR) is 108 cm³/mol. The molecule has 1 aromatic heterocycles. The van der Waals surface area contributed by atoms with Crippen molar-refractivity contribution < 1.29 is 23.8 Å². The van der Waals surface area contributed by atoms with Crippen LogP contribution in [0.4, 0.5) is 0 Å². The smallest absolute Gasteiger partial charge is 0.295 e. The van der Waals surface area contributed by atoms with E-state index < -0.39 is 17.7 Å². The molecule has 1 saturated heterocycles. The highest BCUT2D eigenvalue weighted by Gasteiger charge is 2.47. The van der Waals surface area contributed by atoms with Gasteiger partial charge in [-0.2, -0.15) is 0 Å². The van der Waals surface area contributed by atoms with Gasteiger partial charge in [0.1, 0.15) is 23.3 Å². The minimum absolute atomic E-state index is 0.00833. The van der Waals surface area contributed by atoms with Crippen LogP contribution in [-0.2, 0) is 9.59 Å². The zero-order valence-corrected chi connectivity index (χ0v) is 16.9. The fourth-order valence-electron chi connectivity index (χ4n) is 3.63. The van der Waals surface area contributed by atoms with Crippen LogP contribution in [0.25, 0.3) is 5.76 Å². The van der Waals surface area contributed by atoms with Gasteiger partial charge in [-0.3, -0.25) is 9.59 Å². The van der Waals surface area contributed by atoms with Crippen molar-refractivity contribution in [1.29, 1.82) is 0 Å². The van der Waals surface area contributed by atoms with E-state index in [1.54, 1.807) is 36.4 Å². The number of hydrogen-bond acceptors (Lipinski definition) is 6. The number of Topliss-reactive ketones (excluding diaryl/α,β-unsaturated/α-hetero) is 1. The molecule has 1 fully saturated rings. The van der Waals surface area contributed by atoms with Crippen molar-refractivity contribution in [2.75, 3.05) is 33.3 Å². The summed E-state index contributed by atoms with van der Waals surface area (Å²) < 4.78 is 10.9. The molecule has 2 aromatic rings. The highest BCUT2D eigenvalue weighted by atomic mass is 16.5. The number of carbonyl (C=O) groups excluding carboxylic acids is 2. The van der Waals surface area contributed by atoms with E-state index in [0.717, 1.165) is 13.1 Å². The van der Waals surface area contributed by atoms with Gasteiger partial charge in [0, 0.05) is 13.1 Å². The molecular weight excluding hydrogens is 372 g/mol. The molecule has 1 N–H and O–H groups in total. The lowest BCUT2D eigenvalue weighted by atomic mass is 9.99. The zero-order valence-electron chi connectivity index (χ0n) is 16.9. The third-order valence-corrected chi connectivity index (χ3v) is 5.27. The number of ether oxygens (including phenoxy) is 1. The number of rotatable bonds is 8. The molecule has 0 saturated carbocycles. The van der Waals surface area contributed by atoms with E-state index in [0.29, 0.717) is 30.2 Å². The summed E-state index contributed by atoms with van der Waals surface area (Å²) in [6.07, 6.45) is 1.49. The fourth-order valence-corrected chi connectivity index (χ4v) is 3.63. The highest BCUT2D eigenvalue weighted by molar-refractivity contribution is 6.46. The number of para-hydroxylation sites is 1. The summed E-state index contributed by atoms with van der Waals surface area (Å²) in [6, 6.07) is 9.45. The number of methoxy groups -OCH3 is 1. The SMILES string of the molecule is CCN(CC)CCN1C(=O)C(=O)/C(=C(\O)c2ccccc2OC)C1c1ccco1. The van der Waals surface area contributed by atoms with Gasteiger partial charge in [-0.25, -0.2) is 0 Å². The molecule has 7 nitrogen and oxygen atoms in total. The number of ketones is 1. The van der Waals surface area contributed by atoms with Gasteiger partial charge in [-0.15, -0.1) is 0 Å². The molecule has 154 valence electrons. The van der Waals surface area contributed by atoms with E-state index in [2.05, 4.69) is 4.90 Å². The van der Waals surface area contributed by atoms with Crippen LogP contribution in [-0.4, -0.2) is 59.9 Å². The van der Waals surface area contributed by atoms with Gasteiger partial charge in [0.2, 0.25) is 0 Å². The molecule has 1 atom stereocenters. The van der Waals surface area contributed by atoms with Crippen LogP contribution in [0.1, 0.15) is 31.2 Å². The summed E-state index contributed by atoms with van der Waals surface area (Å²) in [5, 5.41) is 11.0. The first-order valence-corrected chi connectivity index (χ1v) is 9.71. The number of furan rings is 1. The maximum atomic E-state index is 12.9. The Morgan fingerprint density at radius 3 is 2.52 bits per heavy atom. The maximum Gasteiger partial charge on any atom is 0.295 e. The number of hydrogen-bond donors (Lipinski definition) is 1. The normalized spacial score (nSPS) is 18.6. The standard InChI is InChI=1S/C22H26N2O5/c1-4-23(5-2)12-13-24-19(17-11-8-14-29-17)18(21(26)22(24)27)20(25)15-9-6-7-10-16(15)28-3/h6-11,14,19,25H,4-5,12-13H2,1-3H3/b20-18-. The minimum atomic E-state index is -0.787. The van der Waals surface area contributed by atoms with Crippen LogP contribution in [0, 0.1) is 0 Å². The average Bonchev–Trinajstić information content (AvgIpc) is 3.36. The first-order chi connectivity index (χ1) is 14.0. The summed E-state index contributed by atoms with van der Waals surface area (Å²) in [5.41, 5.74) is 0.363. The third-order valence-electron chi connectivity index (χ3n) is 5.27. The lowest BCUT2D eigenvalue weighted by Gasteiger charge is -2.26. The predicted octanol–water partition coefficient (Wildman–Crippen LogP) is 3.05. The average molecular weight is 398 g/mol. The van der Waals surface area contributed by atoms with E-state index in [1.807, 2.05) is 13.8 Å². The lowest BCUT2D eigenvalue weighted by molar-refractivity contribution is -0.140. The van der Waals surface area contributed by atoms with E-state index in [1.165, 1.54) is 18.3 Å². The van der Waals surface area contributed by atoms with E-state index in [-0.39, 0.29) is 11.3 Å². The number of likely N-dealkylation sites (N-methyl/N-ethyl adjacent to an activating group) is 1. The van der Waals surface area contributed by atoms with Gasteiger partial charge in [0.05, 0.1) is 24.5 Å². The van der Waals surface area contributed by atoms with Crippen molar-refractivity contribution in [3.05, 3.63) is 59.6 Å². The largest absolute Gasteiger partial charge is 0.507 e. The Kier molecular flexibility index (Phi) is 6.39. The molecule has 3 rings (SSSR count). The van der Waals surface area contributed by atoms with Gasteiger partial charge in [-0.05, 0) is 37.4 Å². The summed E-state index contributed by atoms with van der Waals surface area (Å²) in [5.74, 6) is -0.797. The summed E-state index contributed by atoms with van der Waals surface area (Å²) >= 11 is 0. The number of benzene rings is 1. The molecular formula is C22H26N2O5. The Morgan fingerprint density at radius 2 is 1.90 bits per heavy atom. The van der Waals surface area contributed by atoms with Crippen molar-refractivity contribution in [3.63, 3.8) is 0 Å². The van der Waals surface area contributed by atoms with Crippen molar-refractivity contribution in [2.45, 2.75) is 19.9 Å². The second kappa shape index (κ2) is 8.96. The molecule has 2 heterocycles. The van der Waals surface area contributed by atoms with Crippen molar-refractivity contribution >= 4 is 17.4 Å². The highest BCUT2D eigenvalue weighted by Crippen LogP contribution is 2.40. The Morgan fingerprint density at radius 1 is 1.17 bits per heavy atom. The monoisotopic (exact) mass is 398 g/mol. The van der Waals surface area contributed by atoms with E-state index in [9.17, 15) is 14.7 Å². The molecule has 1 aliphatic heterocycles. The van der Waals surface area contributed by atoms with Crippen LogP contribution in [0.2, 0.25) is 0 Å². The van der Waals surface area contributed by atoms with Gasteiger partial charge >= 0.3 is 0 Å². The second-order valence-corrected chi connectivity index (χ2v) is 6.74. The van der Waals surface area contributed by atoms with Gasteiger partial charge in [-0.1, -0.05) is 26.0 Å². The van der Waals surface area contributed by atoms with E-state index >= 15 is 0 Å². The summed E-state index contributed by atoms with van der Waals surface area (Å²) in [7, 11) is 1.48. The molecule has 1 unspecified atom stereocenters. The molecule has 1 aromatic carbocycles. The summed E-state index contributed by atoms with van der Waals surface area (Å²) in [6.45, 7) is 6.74. The molecule has 1 aliphatic rings. The minimum Gasteiger partial charge on any atom is -0.507 e. The quantitative estimate of drug-likeness (QED) is 0.418. The van der Waals surface area contributed by atoms with Crippen LogP contribution in [0.3, 0.4) is 0 Å². The van der Waals surface area contributed by atoms with Crippen LogP contribution < -0.4 is 4.74 Å². The number of amides is 1. The molecule has 0 bridgehead atoms. The molecule has 0 radical (unpaired) electrons. The molecule has 0 aliphatic carbocycles. The number of nitrogens with zero attached hydrogens (tertiary/aromatic N) is 2. The fraction of sp³-hybridized carbons (Fsp3) is 0.364. The summed E-state index contributed by atoms with van der Waals surface area (Å²) in [4.78, 5) is 29.4. The van der Waals surface area contributed by atoms with Crippen LogP contribution in [0.5, 0.6) is 5.75 Å². The van der Waals surface area contributed by atoms with Gasteiger partial charge in [0.15, 0.2) is 0 Å². The number of likely N-dealkylation sites (tertiary alicyclic amines) is 1. The van der Waals surface area contributed by atoms with Crippen LogP contribution in [0.15, 0.2) is 52.7 Å². The Bertz CT molecular complexity index is 900. The number of carbonyl (C=O) groups is 2. The Labute approximate surface area is 170 Å². The van der Waals surface area contributed by atoms with Crippen molar-refractivity contribution in [1.82, 2.24) is 9.80 Å². The first kappa shape index (κ1) is 20.7. The molecule has 29 heavy (non-hydrogen) atoms. The van der Waals surface area contributed by atoms with E-state index in [4.69, 9.17) is 9.15 Å². The zero-order chi connectivity index (χ0) is 21.0. The first-order valence-electron chi connectivity index (χ1n) is 9.71. The molecule has 7 heteroatoms. The van der Waals surface area contributed by atoms with Crippen molar-refractivity contribution in [3.8, 4) is 5.75 Å². The number of aliphatic hydroxyl groups excluding tert-OH is 1.